The number of sulfone groups is 1. The third-order valence-corrected chi connectivity index (χ3v) is 4.69. The summed E-state index contributed by atoms with van der Waals surface area (Å²) in [5.41, 5.74) is 5.23. The maximum absolute atomic E-state index is 11.2. The van der Waals surface area contributed by atoms with Gasteiger partial charge in [0.1, 0.15) is 5.84 Å². The number of nitrogens with zero attached hydrogens (tertiary/aromatic N) is 1. The lowest BCUT2D eigenvalue weighted by Gasteiger charge is -2.22. The normalized spacial score (nSPS) is 13.8. The van der Waals surface area contributed by atoms with Gasteiger partial charge >= 0.3 is 0 Å². The van der Waals surface area contributed by atoms with Crippen molar-refractivity contribution in [3.05, 3.63) is 0 Å². The Hall–Kier alpha value is -0.820. The highest BCUT2D eigenvalue weighted by molar-refractivity contribution is 7.91. The maximum atomic E-state index is 11.2. The van der Waals surface area contributed by atoms with Gasteiger partial charge in [-0.2, -0.15) is 0 Å². The minimum atomic E-state index is -2.89. The summed E-state index contributed by atoms with van der Waals surface area (Å²) in [4.78, 5) is 0. The second-order valence-electron chi connectivity index (χ2n) is 4.96. The van der Waals surface area contributed by atoms with Crippen LogP contribution in [0.3, 0.4) is 0 Å². The SMILES string of the molecule is CCS(=O)(=O)CCNCCCC(C)(C)C(N)=NO. The maximum Gasteiger partial charge on any atom is 0.151 e. The molecule has 6 nitrogen and oxygen atoms in total. The number of amidine groups is 1. The largest absolute Gasteiger partial charge is 0.409 e. The first-order valence-corrected chi connectivity index (χ1v) is 7.96. The fourth-order valence-electron chi connectivity index (χ4n) is 1.42. The quantitative estimate of drug-likeness (QED) is 0.188. The summed E-state index contributed by atoms with van der Waals surface area (Å²) in [5, 5.41) is 14.7. The molecule has 0 amide bonds. The van der Waals surface area contributed by atoms with Crippen molar-refractivity contribution in [1.29, 1.82) is 0 Å². The van der Waals surface area contributed by atoms with Gasteiger partial charge in [0.15, 0.2) is 9.84 Å². The van der Waals surface area contributed by atoms with Crippen molar-refractivity contribution in [3.8, 4) is 0 Å². The van der Waals surface area contributed by atoms with Crippen LogP contribution in [0.25, 0.3) is 0 Å². The van der Waals surface area contributed by atoms with Crippen LogP contribution in [0.4, 0.5) is 0 Å². The van der Waals surface area contributed by atoms with E-state index in [4.69, 9.17) is 10.9 Å². The minimum absolute atomic E-state index is 0.174. The molecule has 0 aromatic heterocycles. The highest BCUT2D eigenvalue weighted by atomic mass is 32.2. The van der Waals surface area contributed by atoms with Gasteiger partial charge < -0.3 is 16.3 Å². The van der Waals surface area contributed by atoms with Crippen molar-refractivity contribution < 1.29 is 13.6 Å². The average Bonchev–Trinajstić information content (AvgIpc) is 2.32. The van der Waals surface area contributed by atoms with Crippen LogP contribution in [-0.2, 0) is 9.84 Å². The summed E-state index contributed by atoms with van der Waals surface area (Å²) in [7, 11) is -2.89. The van der Waals surface area contributed by atoms with Gasteiger partial charge in [0, 0.05) is 17.7 Å². The lowest BCUT2D eigenvalue weighted by molar-refractivity contribution is 0.304. The Morgan fingerprint density at radius 2 is 2.00 bits per heavy atom. The Bertz CT molecular complexity index is 364. The van der Waals surface area contributed by atoms with Crippen LogP contribution in [0.5, 0.6) is 0 Å². The van der Waals surface area contributed by atoms with E-state index in [0.29, 0.717) is 6.54 Å². The molecule has 0 fully saturated rings. The number of hydrogen-bond donors (Lipinski definition) is 3. The third-order valence-electron chi connectivity index (χ3n) is 2.99. The standard InChI is InChI=1S/C11H25N3O3S/c1-4-18(16,17)9-8-13-7-5-6-11(2,3)10(12)14-15/h13,15H,4-9H2,1-3H3,(H2,12,14). The number of oxime groups is 1. The summed E-state index contributed by atoms with van der Waals surface area (Å²) in [6, 6.07) is 0. The summed E-state index contributed by atoms with van der Waals surface area (Å²) >= 11 is 0. The molecule has 0 unspecified atom stereocenters. The Labute approximate surface area is 110 Å². The zero-order chi connectivity index (χ0) is 14.2. The molecule has 0 aliphatic carbocycles. The second-order valence-corrected chi connectivity index (χ2v) is 7.43. The van der Waals surface area contributed by atoms with E-state index in [1.165, 1.54) is 0 Å². The van der Waals surface area contributed by atoms with E-state index in [1.54, 1.807) is 6.92 Å². The lowest BCUT2D eigenvalue weighted by Crippen LogP contribution is -2.33. The van der Waals surface area contributed by atoms with E-state index in [1.807, 2.05) is 13.8 Å². The fourth-order valence-corrected chi connectivity index (χ4v) is 2.16. The third kappa shape index (κ3) is 6.80. The Kier molecular flexibility index (Phi) is 7.23. The summed E-state index contributed by atoms with van der Waals surface area (Å²) < 4.78 is 22.4. The van der Waals surface area contributed by atoms with Crippen molar-refractivity contribution in [2.75, 3.05) is 24.6 Å². The average molecular weight is 279 g/mol. The molecule has 0 bridgehead atoms. The van der Waals surface area contributed by atoms with E-state index >= 15 is 0 Å². The van der Waals surface area contributed by atoms with Gasteiger partial charge in [-0.05, 0) is 19.4 Å². The van der Waals surface area contributed by atoms with Crippen LogP contribution in [0, 0.1) is 5.41 Å². The number of nitrogens with one attached hydrogen (secondary N) is 1. The molecular weight excluding hydrogens is 254 g/mol. The minimum Gasteiger partial charge on any atom is -0.409 e. The van der Waals surface area contributed by atoms with Crippen molar-refractivity contribution in [2.24, 2.45) is 16.3 Å². The van der Waals surface area contributed by atoms with E-state index in [9.17, 15) is 8.42 Å². The molecule has 4 N–H and O–H groups in total. The van der Waals surface area contributed by atoms with Crippen molar-refractivity contribution in [2.45, 2.75) is 33.6 Å². The molecule has 108 valence electrons. The van der Waals surface area contributed by atoms with Gasteiger partial charge in [0.25, 0.3) is 0 Å². The zero-order valence-corrected chi connectivity index (χ0v) is 12.3. The van der Waals surface area contributed by atoms with Crippen LogP contribution >= 0.6 is 0 Å². The second kappa shape index (κ2) is 7.58. The molecular formula is C11H25N3O3S. The highest BCUT2D eigenvalue weighted by Crippen LogP contribution is 2.21. The molecule has 0 rings (SSSR count). The predicted molar refractivity (Wildman–Crippen MR) is 73.6 cm³/mol. The van der Waals surface area contributed by atoms with Gasteiger partial charge in [0.2, 0.25) is 0 Å². The summed E-state index contributed by atoms with van der Waals surface area (Å²) in [5.74, 6) is 0.578. The molecule has 0 saturated carbocycles. The van der Waals surface area contributed by atoms with Gasteiger partial charge in [-0.25, -0.2) is 8.42 Å². The fraction of sp³-hybridized carbons (Fsp3) is 0.909. The molecule has 0 aromatic rings. The van der Waals surface area contributed by atoms with Gasteiger partial charge in [0.05, 0.1) is 5.75 Å². The molecule has 0 aliphatic rings. The van der Waals surface area contributed by atoms with Crippen molar-refractivity contribution >= 4 is 15.7 Å². The summed E-state index contributed by atoms with van der Waals surface area (Å²) in [6.07, 6.45) is 1.62. The Morgan fingerprint density at radius 3 is 2.50 bits per heavy atom. The van der Waals surface area contributed by atoms with E-state index in [0.717, 1.165) is 19.4 Å². The molecule has 7 heteroatoms. The van der Waals surface area contributed by atoms with Crippen LogP contribution in [0.1, 0.15) is 33.6 Å². The first-order valence-electron chi connectivity index (χ1n) is 6.14. The highest BCUT2D eigenvalue weighted by Gasteiger charge is 2.22. The monoisotopic (exact) mass is 279 g/mol. The summed E-state index contributed by atoms with van der Waals surface area (Å²) in [6.45, 7) is 6.66. The molecule has 0 aromatic carbocycles. The van der Waals surface area contributed by atoms with Crippen molar-refractivity contribution in [1.82, 2.24) is 5.32 Å². The van der Waals surface area contributed by atoms with Crippen LogP contribution in [0.2, 0.25) is 0 Å². The zero-order valence-electron chi connectivity index (χ0n) is 11.4. The molecule has 0 atom stereocenters. The van der Waals surface area contributed by atoms with E-state index in [2.05, 4.69) is 10.5 Å². The van der Waals surface area contributed by atoms with Gasteiger partial charge in [-0.3, -0.25) is 0 Å². The molecule has 0 spiro atoms. The van der Waals surface area contributed by atoms with Crippen LogP contribution < -0.4 is 11.1 Å². The van der Waals surface area contributed by atoms with E-state index in [-0.39, 0.29) is 22.8 Å². The van der Waals surface area contributed by atoms with Crippen LogP contribution in [0.15, 0.2) is 5.16 Å². The molecule has 0 radical (unpaired) electrons. The van der Waals surface area contributed by atoms with E-state index < -0.39 is 9.84 Å². The van der Waals surface area contributed by atoms with Gasteiger partial charge in [-0.1, -0.05) is 25.9 Å². The number of hydrogen-bond acceptors (Lipinski definition) is 5. The molecule has 0 heterocycles. The molecule has 18 heavy (non-hydrogen) atoms. The number of nitrogens with two attached hydrogens (primary N) is 1. The Morgan fingerprint density at radius 1 is 1.39 bits per heavy atom. The lowest BCUT2D eigenvalue weighted by atomic mass is 9.86. The smallest absolute Gasteiger partial charge is 0.151 e. The van der Waals surface area contributed by atoms with Gasteiger partial charge in [-0.15, -0.1) is 0 Å². The Balaban J connectivity index is 3.76. The first-order chi connectivity index (χ1) is 8.25. The topological polar surface area (TPSA) is 105 Å². The first kappa shape index (κ1) is 17.2. The van der Waals surface area contributed by atoms with Crippen LogP contribution in [-0.4, -0.2) is 44.1 Å². The molecule has 0 saturated heterocycles. The number of rotatable bonds is 9. The molecule has 0 aliphatic heterocycles. The predicted octanol–water partition coefficient (Wildman–Crippen LogP) is 0.564. The van der Waals surface area contributed by atoms with Crippen molar-refractivity contribution in [3.63, 3.8) is 0 Å².